The zero-order valence-electron chi connectivity index (χ0n) is 12.2. The summed E-state index contributed by atoms with van der Waals surface area (Å²) in [6, 6.07) is 9.27. The second-order valence-corrected chi connectivity index (χ2v) is 5.53. The van der Waals surface area contributed by atoms with E-state index < -0.39 is 0 Å². The number of nitrogens with zero attached hydrogens (tertiary/aromatic N) is 3. The van der Waals surface area contributed by atoms with Crippen molar-refractivity contribution < 1.29 is 0 Å². The van der Waals surface area contributed by atoms with Crippen molar-refractivity contribution in [2.75, 3.05) is 31.6 Å². The summed E-state index contributed by atoms with van der Waals surface area (Å²) < 4.78 is 0. The lowest BCUT2D eigenvalue weighted by molar-refractivity contribution is 0.238. The predicted molar refractivity (Wildman–Crippen MR) is 79.4 cm³/mol. The number of anilines is 1. The summed E-state index contributed by atoms with van der Waals surface area (Å²) in [6.07, 6.45) is 2.40. The van der Waals surface area contributed by atoms with Crippen LogP contribution in [0.4, 0.5) is 5.69 Å². The zero-order chi connectivity index (χ0) is 13.8. The van der Waals surface area contributed by atoms with Gasteiger partial charge in [0.15, 0.2) is 0 Å². The van der Waals surface area contributed by atoms with Crippen molar-refractivity contribution in [3.05, 3.63) is 29.3 Å². The van der Waals surface area contributed by atoms with Gasteiger partial charge in [-0.3, -0.25) is 4.90 Å². The third-order valence-electron chi connectivity index (χ3n) is 4.26. The summed E-state index contributed by atoms with van der Waals surface area (Å²) in [5.74, 6) is 0. The highest BCUT2D eigenvalue weighted by Crippen LogP contribution is 2.26. The minimum absolute atomic E-state index is 0.494. The first kappa shape index (κ1) is 13.9. The van der Waals surface area contributed by atoms with Crippen LogP contribution in [-0.2, 0) is 0 Å². The first-order valence-electron chi connectivity index (χ1n) is 7.02. The maximum atomic E-state index is 8.83. The second-order valence-electron chi connectivity index (χ2n) is 5.53. The van der Waals surface area contributed by atoms with Crippen LogP contribution in [0, 0.1) is 25.2 Å². The van der Waals surface area contributed by atoms with E-state index in [4.69, 9.17) is 5.26 Å². The van der Waals surface area contributed by atoms with Crippen LogP contribution in [-0.4, -0.2) is 37.6 Å². The molecule has 1 aliphatic rings. The Hall–Kier alpha value is -1.53. The number of nitriles is 1. The van der Waals surface area contributed by atoms with E-state index in [0.717, 1.165) is 13.1 Å². The lowest BCUT2D eigenvalue weighted by Gasteiger charge is -2.38. The van der Waals surface area contributed by atoms with Crippen LogP contribution in [0.2, 0.25) is 0 Å². The topological polar surface area (TPSA) is 30.3 Å². The van der Waals surface area contributed by atoms with Gasteiger partial charge < -0.3 is 4.90 Å². The molecule has 102 valence electrons. The summed E-state index contributed by atoms with van der Waals surface area (Å²) >= 11 is 0. The Morgan fingerprint density at radius 3 is 2.95 bits per heavy atom. The molecule has 2 rings (SSSR count). The molecule has 3 nitrogen and oxygen atoms in total. The van der Waals surface area contributed by atoms with Crippen LogP contribution in [0.15, 0.2) is 18.2 Å². The van der Waals surface area contributed by atoms with Gasteiger partial charge in [0, 0.05) is 24.8 Å². The van der Waals surface area contributed by atoms with E-state index in [9.17, 15) is 0 Å². The molecule has 1 aromatic rings. The molecule has 1 fully saturated rings. The van der Waals surface area contributed by atoms with Crippen molar-refractivity contribution in [3.63, 3.8) is 0 Å². The quantitative estimate of drug-likeness (QED) is 0.780. The molecule has 0 aromatic heterocycles. The molecule has 1 aromatic carbocycles. The Bertz CT molecular complexity index is 475. The maximum Gasteiger partial charge on any atom is 0.0866 e. The van der Waals surface area contributed by atoms with Crippen LogP contribution < -0.4 is 4.90 Å². The number of hydrogen-bond donors (Lipinski definition) is 0. The molecule has 0 N–H and O–H groups in total. The highest BCUT2D eigenvalue weighted by atomic mass is 15.2. The van der Waals surface area contributed by atoms with E-state index >= 15 is 0 Å². The minimum atomic E-state index is 0.494. The van der Waals surface area contributed by atoms with Gasteiger partial charge in [0.25, 0.3) is 0 Å². The first-order chi connectivity index (χ1) is 9.13. The Labute approximate surface area is 116 Å². The average molecular weight is 257 g/mol. The predicted octanol–water partition coefficient (Wildman–Crippen LogP) is 2.73. The van der Waals surface area contributed by atoms with E-state index in [2.05, 4.69) is 55.0 Å². The molecular formula is C16H23N3. The highest BCUT2D eigenvalue weighted by Gasteiger charge is 2.24. The molecule has 0 saturated carbocycles. The Morgan fingerprint density at radius 1 is 1.42 bits per heavy atom. The number of rotatable bonds is 3. The largest absolute Gasteiger partial charge is 0.370 e. The van der Waals surface area contributed by atoms with Crippen molar-refractivity contribution >= 4 is 5.69 Å². The Kier molecular flexibility index (Phi) is 4.44. The molecule has 0 radical (unpaired) electrons. The summed E-state index contributed by atoms with van der Waals surface area (Å²) in [7, 11) is 2.06. The monoisotopic (exact) mass is 257 g/mol. The smallest absolute Gasteiger partial charge is 0.0866 e. The SMILES string of the molecule is Cc1cccc(N2CCCC(N(C)CC#N)C2)c1C. The maximum absolute atomic E-state index is 8.83. The standard InChI is InChI=1S/C16H23N3/c1-13-6-4-8-16(14(13)2)19-10-5-7-15(12-19)18(3)11-9-17/h4,6,8,15H,5,7,10-12H2,1-3H3. The van der Waals surface area contributed by atoms with Gasteiger partial charge in [-0.15, -0.1) is 0 Å². The van der Waals surface area contributed by atoms with Crippen LogP contribution in [0.3, 0.4) is 0 Å². The fourth-order valence-corrected chi connectivity index (χ4v) is 2.85. The van der Waals surface area contributed by atoms with Gasteiger partial charge in [0.05, 0.1) is 12.6 Å². The van der Waals surface area contributed by atoms with E-state index in [-0.39, 0.29) is 0 Å². The Morgan fingerprint density at radius 2 is 2.21 bits per heavy atom. The molecule has 0 bridgehead atoms. The van der Waals surface area contributed by atoms with Crippen molar-refractivity contribution in [2.24, 2.45) is 0 Å². The summed E-state index contributed by atoms with van der Waals surface area (Å²) in [6.45, 7) is 7.05. The number of hydrogen-bond acceptors (Lipinski definition) is 3. The van der Waals surface area contributed by atoms with Gasteiger partial charge in [-0.2, -0.15) is 5.26 Å². The van der Waals surface area contributed by atoms with Crippen LogP contribution in [0.5, 0.6) is 0 Å². The fraction of sp³-hybridized carbons (Fsp3) is 0.562. The van der Waals surface area contributed by atoms with Crippen LogP contribution in [0.25, 0.3) is 0 Å². The van der Waals surface area contributed by atoms with Gasteiger partial charge in [-0.25, -0.2) is 0 Å². The van der Waals surface area contributed by atoms with Crippen molar-refractivity contribution in [1.82, 2.24) is 4.90 Å². The van der Waals surface area contributed by atoms with E-state index in [1.807, 2.05) is 0 Å². The number of benzene rings is 1. The average Bonchev–Trinajstić information content (AvgIpc) is 2.42. The summed E-state index contributed by atoms with van der Waals surface area (Å²) in [5.41, 5.74) is 4.09. The molecule has 1 aliphatic heterocycles. The van der Waals surface area contributed by atoms with Crippen molar-refractivity contribution in [1.29, 1.82) is 5.26 Å². The first-order valence-corrected chi connectivity index (χ1v) is 7.02. The van der Waals surface area contributed by atoms with Gasteiger partial charge in [0.1, 0.15) is 0 Å². The van der Waals surface area contributed by atoms with Crippen molar-refractivity contribution in [3.8, 4) is 6.07 Å². The molecule has 1 unspecified atom stereocenters. The normalized spacial score (nSPS) is 19.5. The molecule has 1 saturated heterocycles. The van der Waals surface area contributed by atoms with Gasteiger partial charge >= 0.3 is 0 Å². The summed E-state index contributed by atoms with van der Waals surface area (Å²) in [4.78, 5) is 4.65. The number of aryl methyl sites for hydroxylation is 1. The van der Waals surface area contributed by atoms with Crippen LogP contribution >= 0.6 is 0 Å². The fourth-order valence-electron chi connectivity index (χ4n) is 2.85. The number of piperidine rings is 1. The molecule has 0 amide bonds. The molecule has 1 heterocycles. The second kappa shape index (κ2) is 6.08. The molecule has 0 spiro atoms. The molecule has 3 heteroatoms. The van der Waals surface area contributed by atoms with Gasteiger partial charge in [0.2, 0.25) is 0 Å². The number of likely N-dealkylation sites (N-methyl/N-ethyl adjacent to an activating group) is 1. The highest BCUT2D eigenvalue weighted by molar-refractivity contribution is 5.56. The van der Waals surface area contributed by atoms with Gasteiger partial charge in [-0.05, 0) is 50.9 Å². The molecular weight excluding hydrogens is 234 g/mol. The third kappa shape index (κ3) is 3.08. The lowest BCUT2D eigenvalue weighted by atomic mass is 10.0. The van der Waals surface area contributed by atoms with E-state index in [1.165, 1.54) is 29.7 Å². The Balaban J connectivity index is 2.13. The lowest BCUT2D eigenvalue weighted by Crippen LogP contribution is -2.46. The van der Waals surface area contributed by atoms with E-state index in [0.29, 0.717) is 12.6 Å². The molecule has 0 aliphatic carbocycles. The van der Waals surface area contributed by atoms with E-state index in [1.54, 1.807) is 0 Å². The summed E-state index contributed by atoms with van der Waals surface area (Å²) in [5, 5.41) is 8.83. The van der Waals surface area contributed by atoms with Gasteiger partial charge in [-0.1, -0.05) is 12.1 Å². The van der Waals surface area contributed by atoms with Crippen LogP contribution in [0.1, 0.15) is 24.0 Å². The molecule has 19 heavy (non-hydrogen) atoms. The minimum Gasteiger partial charge on any atom is -0.370 e. The zero-order valence-corrected chi connectivity index (χ0v) is 12.2. The third-order valence-corrected chi connectivity index (χ3v) is 4.26. The molecule has 1 atom stereocenters. The van der Waals surface area contributed by atoms with Crippen molar-refractivity contribution in [2.45, 2.75) is 32.7 Å².